The first kappa shape index (κ1) is 19.0. The molecular weight excluding hydrogens is 384 g/mol. The molecule has 2 aromatic rings. The van der Waals surface area contributed by atoms with Crippen LogP contribution in [0.5, 0.6) is 5.75 Å². The highest BCUT2D eigenvalue weighted by atomic mass is 79.9. The minimum absolute atomic E-state index is 0.0893. The molecule has 0 bridgehead atoms. The molecule has 132 valence electrons. The number of phenols is 1. The predicted octanol–water partition coefficient (Wildman–Crippen LogP) is 3.61. The molecule has 0 saturated carbocycles. The predicted molar refractivity (Wildman–Crippen MR) is 101 cm³/mol. The molecule has 0 aliphatic heterocycles. The zero-order valence-electron chi connectivity index (χ0n) is 14.2. The van der Waals surface area contributed by atoms with E-state index in [0.29, 0.717) is 10.0 Å². The second-order valence-corrected chi connectivity index (χ2v) is 6.74. The van der Waals surface area contributed by atoms with Gasteiger partial charge in [0, 0.05) is 22.6 Å². The van der Waals surface area contributed by atoms with E-state index in [-0.39, 0.29) is 35.7 Å². The highest BCUT2D eigenvalue weighted by molar-refractivity contribution is 9.10. The number of rotatable bonds is 6. The highest BCUT2D eigenvalue weighted by Crippen LogP contribution is 2.22. The first-order valence-electron chi connectivity index (χ1n) is 8.07. The van der Waals surface area contributed by atoms with Crippen LogP contribution in [0.4, 0.5) is 0 Å². The van der Waals surface area contributed by atoms with Gasteiger partial charge in [0.15, 0.2) is 0 Å². The van der Waals surface area contributed by atoms with Crippen molar-refractivity contribution in [1.29, 1.82) is 0 Å². The van der Waals surface area contributed by atoms with Gasteiger partial charge in [-0.3, -0.25) is 9.59 Å². The van der Waals surface area contributed by atoms with Crippen LogP contribution in [0.25, 0.3) is 0 Å². The van der Waals surface area contributed by atoms with Gasteiger partial charge < -0.3 is 15.7 Å². The first-order chi connectivity index (χ1) is 11.9. The van der Waals surface area contributed by atoms with E-state index in [1.165, 1.54) is 6.07 Å². The van der Waals surface area contributed by atoms with E-state index in [4.69, 9.17) is 0 Å². The standard InChI is InChI=1S/C19H21BrN2O3/c1-3-12(2)22-18(24)14-6-4-5-13(9-14)11-21-19(25)16-8-7-15(20)10-17(16)23/h4-10,12,23H,3,11H2,1-2H3,(H,21,25)(H,22,24). The Morgan fingerprint density at radius 2 is 1.92 bits per heavy atom. The van der Waals surface area contributed by atoms with Crippen LogP contribution in [-0.4, -0.2) is 23.0 Å². The maximum atomic E-state index is 12.2. The zero-order chi connectivity index (χ0) is 18.4. The summed E-state index contributed by atoms with van der Waals surface area (Å²) in [6.45, 7) is 4.22. The maximum absolute atomic E-state index is 12.2. The minimum atomic E-state index is -0.376. The van der Waals surface area contributed by atoms with E-state index in [2.05, 4.69) is 26.6 Å². The number of nitrogens with one attached hydrogen (secondary N) is 2. The molecule has 5 nitrogen and oxygen atoms in total. The summed E-state index contributed by atoms with van der Waals surface area (Å²) in [5.74, 6) is -0.596. The van der Waals surface area contributed by atoms with Crippen molar-refractivity contribution < 1.29 is 14.7 Å². The van der Waals surface area contributed by atoms with Crippen molar-refractivity contribution in [3.63, 3.8) is 0 Å². The summed E-state index contributed by atoms with van der Waals surface area (Å²) in [4.78, 5) is 24.4. The van der Waals surface area contributed by atoms with E-state index in [1.54, 1.807) is 30.3 Å². The lowest BCUT2D eigenvalue weighted by Crippen LogP contribution is -2.32. The summed E-state index contributed by atoms with van der Waals surface area (Å²) in [5, 5.41) is 15.5. The van der Waals surface area contributed by atoms with Crippen molar-refractivity contribution in [2.45, 2.75) is 32.9 Å². The minimum Gasteiger partial charge on any atom is -0.507 e. The maximum Gasteiger partial charge on any atom is 0.255 e. The van der Waals surface area contributed by atoms with Gasteiger partial charge in [0.2, 0.25) is 0 Å². The summed E-state index contributed by atoms with van der Waals surface area (Å²) in [6, 6.07) is 11.9. The highest BCUT2D eigenvalue weighted by Gasteiger charge is 2.12. The molecule has 0 aromatic heterocycles. The third-order valence-electron chi connectivity index (χ3n) is 3.84. The summed E-state index contributed by atoms with van der Waals surface area (Å²) >= 11 is 3.24. The lowest BCUT2D eigenvalue weighted by molar-refractivity contribution is 0.0936. The number of halogens is 1. The Hall–Kier alpha value is -2.34. The third-order valence-corrected chi connectivity index (χ3v) is 4.33. The van der Waals surface area contributed by atoms with Gasteiger partial charge >= 0.3 is 0 Å². The third kappa shape index (κ3) is 5.32. The Bertz CT molecular complexity index is 777. The van der Waals surface area contributed by atoms with Gasteiger partial charge in [0.05, 0.1) is 5.56 Å². The number of benzene rings is 2. The number of phenolic OH excluding ortho intramolecular Hbond substituents is 1. The van der Waals surface area contributed by atoms with Gasteiger partial charge in [0.1, 0.15) is 5.75 Å². The number of amides is 2. The van der Waals surface area contributed by atoms with Crippen LogP contribution in [0, 0.1) is 0 Å². The molecule has 1 atom stereocenters. The number of aromatic hydroxyl groups is 1. The van der Waals surface area contributed by atoms with Crippen molar-refractivity contribution in [3.05, 3.63) is 63.6 Å². The quantitative estimate of drug-likeness (QED) is 0.687. The number of hydrogen-bond acceptors (Lipinski definition) is 3. The molecule has 0 radical (unpaired) electrons. The van der Waals surface area contributed by atoms with Gasteiger partial charge in [-0.25, -0.2) is 0 Å². The fourth-order valence-corrected chi connectivity index (χ4v) is 2.56. The van der Waals surface area contributed by atoms with E-state index in [0.717, 1.165) is 12.0 Å². The van der Waals surface area contributed by atoms with Crippen LogP contribution in [0.2, 0.25) is 0 Å². The Morgan fingerprint density at radius 3 is 2.60 bits per heavy atom. The normalized spacial score (nSPS) is 11.6. The van der Waals surface area contributed by atoms with Gasteiger partial charge in [-0.15, -0.1) is 0 Å². The molecule has 1 unspecified atom stereocenters. The largest absolute Gasteiger partial charge is 0.507 e. The smallest absolute Gasteiger partial charge is 0.255 e. The van der Waals surface area contributed by atoms with Crippen LogP contribution in [-0.2, 0) is 6.54 Å². The van der Waals surface area contributed by atoms with Crippen molar-refractivity contribution in [2.24, 2.45) is 0 Å². The summed E-state index contributed by atoms with van der Waals surface area (Å²) in [6.07, 6.45) is 0.859. The Labute approximate surface area is 155 Å². The average Bonchev–Trinajstić information content (AvgIpc) is 2.59. The molecule has 6 heteroatoms. The van der Waals surface area contributed by atoms with Gasteiger partial charge in [-0.1, -0.05) is 35.0 Å². The van der Waals surface area contributed by atoms with Gasteiger partial charge in [0.25, 0.3) is 11.8 Å². The van der Waals surface area contributed by atoms with E-state index in [9.17, 15) is 14.7 Å². The van der Waals surface area contributed by atoms with Crippen LogP contribution in [0.3, 0.4) is 0 Å². The molecule has 2 amide bonds. The van der Waals surface area contributed by atoms with Crippen molar-refractivity contribution in [1.82, 2.24) is 10.6 Å². The molecule has 2 rings (SSSR count). The fourth-order valence-electron chi connectivity index (χ4n) is 2.21. The fraction of sp³-hybridized carbons (Fsp3) is 0.263. The molecular formula is C19H21BrN2O3. The van der Waals surface area contributed by atoms with Crippen LogP contribution in [0.15, 0.2) is 46.9 Å². The van der Waals surface area contributed by atoms with Gasteiger partial charge in [-0.2, -0.15) is 0 Å². The van der Waals surface area contributed by atoms with Crippen molar-refractivity contribution in [2.75, 3.05) is 0 Å². The number of hydrogen-bond donors (Lipinski definition) is 3. The van der Waals surface area contributed by atoms with E-state index in [1.807, 2.05) is 19.9 Å². The summed E-state index contributed by atoms with van der Waals surface area (Å²) in [7, 11) is 0. The van der Waals surface area contributed by atoms with Gasteiger partial charge in [-0.05, 0) is 49.2 Å². The number of carbonyl (C=O) groups excluding carboxylic acids is 2. The zero-order valence-corrected chi connectivity index (χ0v) is 15.8. The Morgan fingerprint density at radius 1 is 1.16 bits per heavy atom. The van der Waals surface area contributed by atoms with Crippen molar-refractivity contribution >= 4 is 27.7 Å². The Kier molecular flexibility index (Phi) is 6.58. The molecule has 0 heterocycles. The Balaban J connectivity index is 2.02. The first-order valence-corrected chi connectivity index (χ1v) is 8.86. The molecule has 0 fully saturated rings. The van der Waals surface area contributed by atoms with Crippen LogP contribution >= 0.6 is 15.9 Å². The summed E-state index contributed by atoms with van der Waals surface area (Å²) in [5.41, 5.74) is 1.56. The molecule has 3 N–H and O–H groups in total. The van der Waals surface area contributed by atoms with Crippen LogP contribution < -0.4 is 10.6 Å². The molecule has 0 aliphatic rings. The number of carbonyl (C=O) groups is 2. The topological polar surface area (TPSA) is 78.4 Å². The lowest BCUT2D eigenvalue weighted by atomic mass is 10.1. The molecule has 25 heavy (non-hydrogen) atoms. The van der Waals surface area contributed by atoms with Crippen LogP contribution in [0.1, 0.15) is 46.5 Å². The molecule has 0 spiro atoms. The second kappa shape index (κ2) is 8.67. The average molecular weight is 405 g/mol. The monoisotopic (exact) mass is 404 g/mol. The molecule has 2 aromatic carbocycles. The van der Waals surface area contributed by atoms with E-state index < -0.39 is 0 Å². The SMILES string of the molecule is CCC(C)NC(=O)c1cccc(CNC(=O)c2ccc(Br)cc2O)c1. The second-order valence-electron chi connectivity index (χ2n) is 5.83. The van der Waals surface area contributed by atoms with Crippen molar-refractivity contribution in [3.8, 4) is 5.75 Å². The molecule has 0 saturated heterocycles. The van der Waals surface area contributed by atoms with E-state index >= 15 is 0 Å². The lowest BCUT2D eigenvalue weighted by Gasteiger charge is -2.12. The molecule has 0 aliphatic carbocycles. The summed E-state index contributed by atoms with van der Waals surface area (Å²) < 4.78 is 0.696.